The smallest absolute Gasteiger partial charge is 0.184 e. The molecule has 0 unspecified atom stereocenters. The van der Waals surface area contributed by atoms with Gasteiger partial charge in [0.25, 0.3) is 0 Å². The van der Waals surface area contributed by atoms with E-state index in [1.54, 1.807) is 0 Å². The van der Waals surface area contributed by atoms with Gasteiger partial charge >= 0.3 is 0 Å². The molecule has 5 atom stereocenters. The summed E-state index contributed by atoms with van der Waals surface area (Å²) >= 11 is 0. The zero-order valence-corrected chi connectivity index (χ0v) is 18.4. The Morgan fingerprint density at radius 3 is 1.58 bits per heavy atom. The summed E-state index contributed by atoms with van der Waals surface area (Å²) in [5, 5.41) is 21.8. The molecule has 1 fully saturated rings. The fourth-order valence-electron chi connectivity index (χ4n) is 3.81. The van der Waals surface area contributed by atoms with Crippen LogP contribution < -0.4 is 0 Å². The average molecular weight is 451 g/mol. The highest BCUT2D eigenvalue weighted by Gasteiger charge is 2.46. The number of rotatable bonds is 10. The van der Waals surface area contributed by atoms with Gasteiger partial charge in [0.15, 0.2) is 6.29 Å². The van der Waals surface area contributed by atoms with Gasteiger partial charge < -0.3 is 29.2 Å². The van der Waals surface area contributed by atoms with Crippen molar-refractivity contribution in [3.8, 4) is 0 Å². The topological polar surface area (TPSA) is 77.4 Å². The molecule has 1 aliphatic heterocycles. The molecule has 3 aromatic carbocycles. The summed E-state index contributed by atoms with van der Waals surface area (Å²) in [4.78, 5) is 0. The third-order valence-corrected chi connectivity index (χ3v) is 5.60. The molecule has 2 N–H and O–H groups in total. The molecule has 1 saturated heterocycles. The van der Waals surface area contributed by atoms with Crippen LogP contribution in [0.25, 0.3) is 0 Å². The first kappa shape index (κ1) is 23.6. The van der Waals surface area contributed by atoms with Crippen LogP contribution >= 0.6 is 0 Å². The molecule has 0 aromatic heterocycles. The Labute approximate surface area is 194 Å². The first-order valence-electron chi connectivity index (χ1n) is 11.1. The molecule has 1 aliphatic rings. The molecule has 0 radical (unpaired) electrons. The van der Waals surface area contributed by atoms with E-state index in [0.717, 1.165) is 16.7 Å². The van der Waals surface area contributed by atoms with Crippen molar-refractivity contribution in [1.29, 1.82) is 0 Å². The molecular weight excluding hydrogens is 420 g/mol. The lowest BCUT2D eigenvalue weighted by atomic mass is 9.98. The van der Waals surface area contributed by atoms with Crippen molar-refractivity contribution in [2.45, 2.75) is 50.5 Å². The monoisotopic (exact) mass is 450 g/mol. The fraction of sp³-hybridized carbons (Fsp3) is 0.333. The molecule has 4 rings (SSSR count). The second-order valence-electron chi connectivity index (χ2n) is 8.08. The minimum Gasteiger partial charge on any atom is -0.387 e. The number of ether oxygens (including phenoxy) is 4. The van der Waals surface area contributed by atoms with Crippen molar-refractivity contribution in [3.63, 3.8) is 0 Å². The SMILES string of the molecule is O[C@@H]1[C@H](OCc2ccccc2)[C@@H](OCc2ccccc2)[C@@H](O)O[C@@H]1COCc1ccccc1. The Morgan fingerprint density at radius 2 is 1.06 bits per heavy atom. The lowest BCUT2D eigenvalue weighted by Crippen LogP contribution is -2.60. The molecule has 174 valence electrons. The minimum absolute atomic E-state index is 0.115. The number of aliphatic hydroxyl groups excluding tert-OH is 2. The lowest BCUT2D eigenvalue weighted by Gasteiger charge is -2.42. The van der Waals surface area contributed by atoms with E-state index in [1.165, 1.54) is 0 Å². The van der Waals surface area contributed by atoms with Gasteiger partial charge in [0.1, 0.15) is 24.4 Å². The van der Waals surface area contributed by atoms with Gasteiger partial charge in [-0.2, -0.15) is 0 Å². The molecule has 6 heteroatoms. The van der Waals surface area contributed by atoms with Crippen molar-refractivity contribution in [2.75, 3.05) is 6.61 Å². The van der Waals surface area contributed by atoms with Crippen molar-refractivity contribution in [1.82, 2.24) is 0 Å². The van der Waals surface area contributed by atoms with Crippen LogP contribution in [0.5, 0.6) is 0 Å². The molecule has 1 heterocycles. The van der Waals surface area contributed by atoms with Gasteiger partial charge in [-0.1, -0.05) is 91.0 Å². The largest absolute Gasteiger partial charge is 0.387 e. The van der Waals surface area contributed by atoms with Crippen molar-refractivity contribution >= 4 is 0 Å². The Bertz CT molecular complexity index is 937. The molecule has 0 amide bonds. The predicted octanol–water partition coefficient (Wildman–Crippen LogP) is 3.45. The van der Waals surface area contributed by atoms with Crippen LogP contribution in [-0.4, -0.2) is 47.5 Å². The van der Waals surface area contributed by atoms with E-state index in [9.17, 15) is 10.2 Å². The third kappa shape index (κ3) is 6.71. The molecule has 6 nitrogen and oxygen atoms in total. The maximum absolute atomic E-state index is 11.1. The van der Waals surface area contributed by atoms with E-state index in [0.29, 0.717) is 6.61 Å². The second kappa shape index (κ2) is 12.0. The summed E-state index contributed by atoms with van der Waals surface area (Å²) in [7, 11) is 0. The maximum Gasteiger partial charge on any atom is 0.184 e. The Kier molecular flexibility index (Phi) is 8.60. The van der Waals surface area contributed by atoms with Gasteiger partial charge in [-0.25, -0.2) is 0 Å². The van der Waals surface area contributed by atoms with Gasteiger partial charge in [-0.3, -0.25) is 0 Å². The Morgan fingerprint density at radius 1 is 0.606 bits per heavy atom. The van der Waals surface area contributed by atoms with Crippen LogP contribution in [0.3, 0.4) is 0 Å². The van der Waals surface area contributed by atoms with E-state index < -0.39 is 30.7 Å². The molecule has 0 saturated carbocycles. The molecule has 3 aromatic rings. The summed E-state index contributed by atoms with van der Waals surface area (Å²) in [5.41, 5.74) is 2.93. The highest BCUT2D eigenvalue weighted by atomic mass is 16.7. The standard InChI is InChI=1S/C27H30O6/c28-24-23(19-30-16-20-10-4-1-5-11-20)33-27(29)26(32-18-22-14-8-3-9-15-22)25(24)31-17-21-12-6-2-7-13-21/h1-15,23-29H,16-19H2/t23-,24+,25+,26-,27+/m1/s1. The summed E-state index contributed by atoms with van der Waals surface area (Å²) in [5.74, 6) is 0. The highest BCUT2D eigenvalue weighted by Crippen LogP contribution is 2.27. The van der Waals surface area contributed by atoms with Crippen LogP contribution in [0, 0.1) is 0 Å². The molecule has 0 spiro atoms. The lowest BCUT2D eigenvalue weighted by molar-refractivity contribution is -0.309. The number of hydrogen-bond acceptors (Lipinski definition) is 6. The van der Waals surface area contributed by atoms with Gasteiger partial charge in [-0.15, -0.1) is 0 Å². The normalized spacial score (nSPS) is 25.1. The Hall–Kier alpha value is -2.58. The highest BCUT2D eigenvalue weighted by molar-refractivity contribution is 5.15. The first-order valence-corrected chi connectivity index (χ1v) is 11.1. The summed E-state index contributed by atoms with van der Waals surface area (Å²) < 4.78 is 23.5. The van der Waals surface area contributed by atoms with E-state index in [2.05, 4.69) is 0 Å². The van der Waals surface area contributed by atoms with Crippen LogP contribution in [0.4, 0.5) is 0 Å². The first-order chi connectivity index (χ1) is 16.2. The van der Waals surface area contributed by atoms with Crippen molar-refractivity contribution < 1.29 is 29.2 Å². The average Bonchev–Trinajstić information content (AvgIpc) is 2.86. The zero-order valence-electron chi connectivity index (χ0n) is 18.4. The van der Waals surface area contributed by atoms with Crippen LogP contribution in [0.1, 0.15) is 16.7 Å². The molecule has 33 heavy (non-hydrogen) atoms. The summed E-state index contributed by atoms with van der Waals surface area (Å²) in [6.07, 6.45) is -4.68. The quantitative estimate of drug-likeness (QED) is 0.493. The number of hydrogen-bond donors (Lipinski definition) is 2. The van der Waals surface area contributed by atoms with Gasteiger partial charge in [-0.05, 0) is 16.7 Å². The van der Waals surface area contributed by atoms with E-state index in [4.69, 9.17) is 18.9 Å². The number of benzene rings is 3. The van der Waals surface area contributed by atoms with Gasteiger partial charge in [0.05, 0.1) is 26.4 Å². The predicted molar refractivity (Wildman–Crippen MR) is 123 cm³/mol. The van der Waals surface area contributed by atoms with E-state index in [1.807, 2.05) is 91.0 Å². The molecule has 0 bridgehead atoms. The van der Waals surface area contributed by atoms with E-state index >= 15 is 0 Å². The summed E-state index contributed by atoms with van der Waals surface area (Å²) in [6.45, 7) is 1.04. The van der Waals surface area contributed by atoms with Gasteiger partial charge in [0.2, 0.25) is 0 Å². The maximum atomic E-state index is 11.1. The van der Waals surface area contributed by atoms with Crippen LogP contribution in [0.2, 0.25) is 0 Å². The molecular formula is C27H30O6. The van der Waals surface area contributed by atoms with Gasteiger partial charge in [0, 0.05) is 0 Å². The van der Waals surface area contributed by atoms with Crippen molar-refractivity contribution in [2.24, 2.45) is 0 Å². The fourth-order valence-corrected chi connectivity index (χ4v) is 3.81. The van der Waals surface area contributed by atoms with Crippen molar-refractivity contribution in [3.05, 3.63) is 108 Å². The third-order valence-electron chi connectivity index (χ3n) is 5.60. The second-order valence-corrected chi connectivity index (χ2v) is 8.08. The van der Waals surface area contributed by atoms with Crippen LogP contribution in [0.15, 0.2) is 91.0 Å². The summed E-state index contributed by atoms with van der Waals surface area (Å²) in [6, 6.07) is 29.1. The van der Waals surface area contributed by atoms with Crippen LogP contribution in [-0.2, 0) is 38.8 Å². The molecule has 0 aliphatic carbocycles. The number of aliphatic hydroxyl groups is 2. The zero-order chi connectivity index (χ0) is 22.9. The Balaban J connectivity index is 1.41. The minimum atomic E-state index is -1.26. The van der Waals surface area contributed by atoms with E-state index in [-0.39, 0.29) is 19.8 Å².